The topological polar surface area (TPSA) is 47.9 Å². The average Bonchev–Trinajstić information content (AvgIpc) is 3.67. The van der Waals surface area contributed by atoms with Crippen molar-refractivity contribution < 1.29 is 4.74 Å². The molecule has 272 valence electrons. The molecule has 0 aliphatic carbocycles. The molecule has 58 heavy (non-hydrogen) atoms. The molecule has 9 aromatic carbocycles. The Balaban J connectivity index is 0.944. The van der Waals surface area contributed by atoms with E-state index < -0.39 is 0 Å². The normalized spacial score (nSPS) is 11.4. The van der Waals surface area contributed by atoms with Crippen molar-refractivity contribution in [1.82, 2.24) is 15.0 Å². The van der Waals surface area contributed by atoms with E-state index in [4.69, 9.17) is 19.7 Å². The fourth-order valence-corrected chi connectivity index (χ4v) is 9.14. The summed E-state index contributed by atoms with van der Waals surface area (Å²) in [5.74, 6) is 3.39. The SMILES string of the molecule is c1ccc(-c2nc(-c3ccc4c(c3)sc3ccccc34)nc(-c3ccccc3-c3cccc(Oc4ccc(-c5cc6ccccc6c6ccccc56)cc4)c3)n2)cc1. The summed E-state index contributed by atoms with van der Waals surface area (Å²) in [5.41, 5.74) is 7.15. The van der Waals surface area contributed by atoms with Gasteiger partial charge in [-0.15, -0.1) is 11.3 Å². The first-order chi connectivity index (χ1) is 28.7. The first-order valence-corrected chi connectivity index (χ1v) is 20.2. The molecular weight excluding hydrogens is 727 g/mol. The fourth-order valence-electron chi connectivity index (χ4n) is 8.00. The van der Waals surface area contributed by atoms with Gasteiger partial charge in [0.05, 0.1) is 0 Å². The Morgan fingerprint density at radius 3 is 1.78 bits per heavy atom. The summed E-state index contributed by atoms with van der Waals surface area (Å²) >= 11 is 1.79. The zero-order chi connectivity index (χ0) is 38.4. The van der Waals surface area contributed by atoms with Crippen LogP contribution in [-0.4, -0.2) is 15.0 Å². The second-order valence-electron chi connectivity index (χ2n) is 14.4. The maximum absolute atomic E-state index is 6.51. The summed E-state index contributed by atoms with van der Waals surface area (Å²) in [6.07, 6.45) is 0. The van der Waals surface area contributed by atoms with Crippen molar-refractivity contribution in [3.05, 3.63) is 200 Å². The van der Waals surface area contributed by atoms with Crippen molar-refractivity contribution in [3.63, 3.8) is 0 Å². The summed E-state index contributed by atoms with van der Waals surface area (Å²) in [4.78, 5) is 15.3. The van der Waals surface area contributed by atoms with Crippen LogP contribution in [0.25, 0.3) is 98.1 Å². The Kier molecular flexibility index (Phi) is 8.30. The van der Waals surface area contributed by atoms with E-state index in [-0.39, 0.29) is 0 Å². The number of aromatic nitrogens is 3. The summed E-state index contributed by atoms with van der Waals surface area (Å²) < 4.78 is 8.98. The third-order valence-electron chi connectivity index (χ3n) is 10.8. The summed E-state index contributed by atoms with van der Waals surface area (Å²) in [7, 11) is 0. The van der Waals surface area contributed by atoms with E-state index in [1.807, 2.05) is 60.7 Å². The van der Waals surface area contributed by atoms with Crippen LogP contribution < -0.4 is 4.74 Å². The number of rotatable bonds is 7. The Bertz CT molecular complexity index is 3320. The van der Waals surface area contributed by atoms with Crippen LogP contribution in [-0.2, 0) is 0 Å². The number of benzene rings is 9. The van der Waals surface area contributed by atoms with Gasteiger partial charge in [-0.25, -0.2) is 15.0 Å². The highest BCUT2D eigenvalue weighted by Crippen LogP contribution is 2.39. The highest BCUT2D eigenvalue weighted by atomic mass is 32.1. The van der Waals surface area contributed by atoms with Gasteiger partial charge in [0.15, 0.2) is 17.5 Å². The molecule has 4 nitrogen and oxygen atoms in total. The van der Waals surface area contributed by atoms with Crippen LogP contribution in [0.4, 0.5) is 0 Å². The minimum atomic E-state index is 0.610. The number of ether oxygens (including phenoxy) is 1. The summed E-state index contributed by atoms with van der Waals surface area (Å²) in [5, 5.41) is 7.49. The summed E-state index contributed by atoms with van der Waals surface area (Å²) in [6.45, 7) is 0. The molecule has 2 aromatic heterocycles. The molecule has 0 fully saturated rings. The van der Waals surface area contributed by atoms with Gasteiger partial charge >= 0.3 is 0 Å². The highest BCUT2D eigenvalue weighted by Gasteiger charge is 2.17. The molecule has 0 unspecified atom stereocenters. The second-order valence-corrected chi connectivity index (χ2v) is 15.5. The molecule has 11 rings (SSSR count). The van der Waals surface area contributed by atoms with Crippen LogP contribution in [0.5, 0.6) is 11.5 Å². The van der Waals surface area contributed by atoms with Gasteiger partial charge in [0.25, 0.3) is 0 Å². The van der Waals surface area contributed by atoms with E-state index >= 15 is 0 Å². The molecule has 0 saturated carbocycles. The third-order valence-corrected chi connectivity index (χ3v) is 11.9. The van der Waals surface area contributed by atoms with E-state index in [1.165, 1.54) is 47.3 Å². The molecule has 5 heteroatoms. The average molecular weight is 760 g/mol. The number of hydrogen-bond acceptors (Lipinski definition) is 5. The fraction of sp³-hybridized carbons (Fsp3) is 0. The van der Waals surface area contributed by atoms with Crippen LogP contribution in [0.15, 0.2) is 200 Å². The predicted octanol–water partition coefficient (Wildman–Crippen LogP) is 14.7. The molecule has 11 aromatic rings. The lowest BCUT2D eigenvalue weighted by molar-refractivity contribution is 0.483. The van der Waals surface area contributed by atoms with Crippen molar-refractivity contribution in [2.24, 2.45) is 0 Å². The van der Waals surface area contributed by atoms with Crippen molar-refractivity contribution in [1.29, 1.82) is 0 Å². The molecule has 0 spiro atoms. The zero-order valence-corrected chi connectivity index (χ0v) is 32.0. The number of nitrogens with zero attached hydrogens (tertiary/aromatic N) is 3. The van der Waals surface area contributed by atoms with Crippen molar-refractivity contribution in [3.8, 4) is 67.9 Å². The van der Waals surface area contributed by atoms with Gasteiger partial charge in [-0.1, -0.05) is 158 Å². The van der Waals surface area contributed by atoms with Gasteiger partial charge < -0.3 is 4.74 Å². The summed E-state index contributed by atoms with van der Waals surface area (Å²) in [6, 6.07) is 69.6. The molecule has 0 bridgehead atoms. The maximum Gasteiger partial charge on any atom is 0.164 e. The molecule has 0 aliphatic heterocycles. The maximum atomic E-state index is 6.51. The molecule has 0 saturated heterocycles. The largest absolute Gasteiger partial charge is 0.457 e. The van der Waals surface area contributed by atoms with Crippen molar-refractivity contribution in [2.75, 3.05) is 0 Å². The van der Waals surface area contributed by atoms with Crippen LogP contribution in [0.1, 0.15) is 0 Å². The molecule has 0 radical (unpaired) electrons. The molecule has 0 N–H and O–H groups in total. The van der Waals surface area contributed by atoms with E-state index in [2.05, 4.69) is 140 Å². The number of thiophene rings is 1. The zero-order valence-electron chi connectivity index (χ0n) is 31.2. The molecule has 0 amide bonds. The van der Waals surface area contributed by atoms with Crippen LogP contribution >= 0.6 is 11.3 Å². The monoisotopic (exact) mass is 759 g/mol. The van der Waals surface area contributed by atoms with E-state index in [1.54, 1.807) is 11.3 Å². The lowest BCUT2D eigenvalue weighted by Gasteiger charge is -2.14. The number of hydrogen-bond donors (Lipinski definition) is 0. The smallest absolute Gasteiger partial charge is 0.164 e. The minimum absolute atomic E-state index is 0.610. The van der Waals surface area contributed by atoms with Crippen molar-refractivity contribution in [2.45, 2.75) is 0 Å². The van der Waals surface area contributed by atoms with Gasteiger partial charge in [-0.3, -0.25) is 0 Å². The van der Waals surface area contributed by atoms with Gasteiger partial charge in [0.1, 0.15) is 11.5 Å². The Labute approximate surface area is 339 Å². The second kappa shape index (κ2) is 14.2. The molecule has 0 aliphatic rings. The van der Waals surface area contributed by atoms with Gasteiger partial charge in [-0.05, 0) is 86.3 Å². The Morgan fingerprint density at radius 2 is 0.931 bits per heavy atom. The van der Waals surface area contributed by atoms with Crippen LogP contribution in [0, 0.1) is 0 Å². The first-order valence-electron chi connectivity index (χ1n) is 19.3. The lowest BCUT2D eigenvalue weighted by atomic mass is 9.93. The Hall–Kier alpha value is -7.47. The van der Waals surface area contributed by atoms with Crippen LogP contribution in [0.3, 0.4) is 0 Å². The third kappa shape index (κ3) is 6.15. The van der Waals surface area contributed by atoms with Gasteiger partial charge in [0.2, 0.25) is 0 Å². The van der Waals surface area contributed by atoms with Gasteiger partial charge in [-0.2, -0.15) is 0 Å². The minimum Gasteiger partial charge on any atom is -0.457 e. The highest BCUT2D eigenvalue weighted by molar-refractivity contribution is 7.25. The van der Waals surface area contributed by atoms with E-state index in [0.29, 0.717) is 17.5 Å². The predicted molar refractivity (Wildman–Crippen MR) is 241 cm³/mol. The van der Waals surface area contributed by atoms with Gasteiger partial charge in [0, 0.05) is 36.9 Å². The Morgan fingerprint density at radius 1 is 0.310 bits per heavy atom. The van der Waals surface area contributed by atoms with Crippen LogP contribution in [0.2, 0.25) is 0 Å². The molecule has 0 atom stereocenters. The first kappa shape index (κ1) is 33.8. The van der Waals surface area contributed by atoms with E-state index in [9.17, 15) is 0 Å². The van der Waals surface area contributed by atoms with Crippen molar-refractivity contribution >= 4 is 53.1 Å². The molecule has 2 heterocycles. The molecular formula is C53H33N3OS. The number of fused-ring (bicyclic) bond motifs is 6. The lowest BCUT2D eigenvalue weighted by Crippen LogP contribution is -2.01. The quantitative estimate of drug-likeness (QED) is 0.152. The van der Waals surface area contributed by atoms with E-state index in [0.717, 1.165) is 44.9 Å². The standard InChI is InChI=1S/C53H33N3OS/c1-2-13-35(14-3-1)51-54-52(38-27-30-46-45-22-10-11-24-49(45)58-50(46)33-38)56-53(55-51)47-23-9-6-19-42(47)36-16-12-17-40(31-36)57-39-28-25-34(26-29-39)48-32-37-15-4-5-18-41(37)43-20-7-8-21-44(43)48/h1-33H.